The first kappa shape index (κ1) is 14.7. The van der Waals surface area contributed by atoms with Gasteiger partial charge in [-0.3, -0.25) is 3.83 Å². The molecule has 0 bridgehead atoms. The van der Waals surface area contributed by atoms with E-state index in [4.69, 9.17) is 10.2 Å². The Hall–Kier alpha value is 0.720. The Morgan fingerprint density at radius 1 is 1.00 bits per heavy atom. The zero-order valence-corrected chi connectivity index (χ0v) is 10.2. The first-order valence-electron chi connectivity index (χ1n) is 3.70. The Morgan fingerprint density at radius 3 is 1.86 bits per heavy atom. The monoisotopic (exact) mass is 338 g/mol. The summed E-state index contributed by atoms with van der Waals surface area (Å²) in [6, 6.07) is 0. The van der Waals surface area contributed by atoms with Crippen molar-refractivity contribution in [1.82, 2.24) is 0 Å². The van der Waals surface area contributed by atoms with Crippen LogP contribution >= 0.6 is 32.2 Å². The number of aliphatic hydroxyl groups is 5. The van der Waals surface area contributed by atoms with Crippen molar-refractivity contribution >= 4 is 32.2 Å². The third-order valence-corrected chi connectivity index (χ3v) is 3.27. The molecule has 0 aromatic rings. The zero-order valence-electron chi connectivity index (χ0n) is 6.99. The number of rotatable bonds is 6. The molecule has 0 aromatic carbocycles. The summed E-state index contributed by atoms with van der Waals surface area (Å²) in [6.45, 7) is -0.715. The molecule has 0 amide bonds. The van der Waals surface area contributed by atoms with Crippen molar-refractivity contribution in [1.29, 1.82) is 0 Å². The van der Waals surface area contributed by atoms with Crippen LogP contribution in [0.2, 0.25) is 0 Å². The van der Waals surface area contributed by atoms with Gasteiger partial charge < -0.3 is 25.5 Å². The highest BCUT2D eigenvalue weighted by atomic mass is 79.9. The van der Waals surface area contributed by atoms with Crippen LogP contribution in [-0.2, 0) is 3.83 Å². The Bertz CT molecular complexity index is 143. The van der Waals surface area contributed by atoms with Gasteiger partial charge in [0.15, 0.2) is 5.01 Å². The number of hydrogen-bond donors (Lipinski definition) is 5. The normalized spacial score (nSPS) is 22.5. The van der Waals surface area contributed by atoms with Crippen LogP contribution in [0.3, 0.4) is 0 Å². The average Bonchev–Trinajstić information content (AvgIpc) is 2.23. The first-order valence-corrected chi connectivity index (χ1v) is 5.26. The van der Waals surface area contributed by atoms with Gasteiger partial charge >= 0.3 is 0 Å². The molecule has 0 aliphatic carbocycles. The van der Waals surface area contributed by atoms with Gasteiger partial charge in [0.05, 0.1) is 6.61 Å². The summed E-state index contributed by atoms with van der Waals surface area (Å²) in [5.74, 6) is 0. The largest absolute Gasteiger partial charge is 0.394 e. The zero-order chi connectivity index (χ0) is 11.3. The van der Waals surface area contributed by atoms with Crippen LogP contribution in [0.5, 0.6) is 0 Å². The standard InChI is InChI=1S/C6H12Br2O6/c7-6(14-8)5(13)4(12)3(11)2(10)1-9/h2-6,9-13H,1H2/t2-,3+,4+,5-,6+/m1/s1. The lowest BCUT2D eigenvalue weighted by Gasteiger charge is -2.27. The van der Waals surface area contributed by atoms with Crippen LogP contribution in [0.1, 0.15) is 0 Å². The second-order valence-corrected chi connectivity index (χ2v) is 3.94. The van der Waals surface area contributed by atoms with E-state index in [1.807, 2.05) is 0 Å². The average molecular weight is 340 g/mol. The molecule has 14 heavy (non-hydrogen) atoms. The maximum atomic E-state index is 9.30. The van der Waals surface area contributed by atoms with Crippen LogP contribution < -0.4 is 0 Å². The Morgan fingerprint density at radius 2 is 1.50 bits per heavy atom. The van der Waals surface area contributed by atoms with E-state index in [0.29, 0.717) is 0 Å². The summed E-state index contributed by atoms with van der Waals surface area (Å²) in [4.78, 5) is 0. The van der Waals surface area contributed by atoms with Crippen molar-refractivity contribution in [3.05, 3.63) is 0 Å². The fraction of sp³-hybridized carbons (Fsp3) is 1.00. The third-order valence-electron chi connectivity index (χ3n) is 1.63. The summed E-state index contributed by atoms with van der Waals surface area (Å²) in [7, 11) is 0. The molecule has 0 spiro atoms. The van der Waals surface area contributed by atoms with Crippen LogP contribution in [0, 0.1) is 0 Å². The fourth-order valence-corrected chi connectivity index (χ4v) is 1.28. The van der Waals surface area contributed by atoms with E-state index in [0.717, 1.165) is 0 Å². The molecule has 0 unspecified atom stereocenters. The molecular weight excluding hydrogens is 328 g/mol. The molecule has 0 saturated heterocycles. The lowest BCUT2D eigenvalue weighted by molar-refractivity contribution is -0.123. The fourth-order valence-electron chi connectivity index (χ4n) is 0.745. The molecule has 5 atom stereocenters. The predicted molar refractivity (Wildman–Crippen MR) is 53.8 cm³/mol. The minimum atomic E-state index is -1.65. The maximum Gasteiger partial charge on any atom is 0.155 e. The van der Waals surface area contributed by atoms with E-state index in [2.05, 4.69) is 36.0 Å². The molecule has 86 valence electrons. The highest BCUT2D eigenvalue weighted by molar-refractivity contribution is 9.10. The Balaban J connectivity index is 4.22. The van der Waals surface area contributed by atoms with Gasteiger partial charge in [-0.2, -0.15) is 0 Å². The third kappa shape index (κ3) is 4.07. The van der Waals surface area contributed by atoms with Crippen LogP contribution in [-0.4, -0.2) is 61.6 Å². The molecule has 0 aromatic heterocycles. The summed E-state index contributed by atoms with van der Waals surface area (Å²) in [5.41, 5.74) is 0. The number of alkyl halides is 1. The minimum absolute atomic E-state index is 0.715. The lowest BCUT2D eigenvalue weighted by Crippen LogP contribution is -2.48. The van der Waals surface area contributed by atoms with E-state index >= 15 is 0 Å². The lowest BCUT2D eigenvalue weighted by atomic mass is 10.0. The molecule has 5 N–H and O–H groups in total. The van der Waals surface area contributed by atoms with Gasteiger partial charge in [-0.05, 0) is 0 Å². The Labute approximate surface area is 97.7 Å². The van der Waals surface area contributed by atoms with Gasteiger partial charge in [-0.1, -0.05) is 15.9 Å². The van der Waals surface area contributed by atoms with Crippen LogP contribution in [0.4, 0.5) is 0 Å². The van der Waals surface area contributed by atoms with E-state index in [1.165, 1.54) is 0 Å². The molecule has 0 saturated carbocycles. The van der Waals surface area contributed by atoms with Gasteiger partial charge in [0.1, 0.15) is 40.7 Å². The number of halogens is 2. The second-order valence-electron chi connectivity index (χ2n) is 2.66. The molecule has 6 nitrogen and oxygen atoms in total. The van der Waals surface area contributed by atoms with Crippen molar-refractivity contribution in [2.24, 2.45) is 0 Å². The van der Waals surface area contributed by atoms with E-state index < -0.39 is 36.0 Å². The van der Waals surface area contributed by atoms with Crippen molar-refractivity contribution in [3.63, 3.8) is 0 Å². The van der Waals surface area contributed by atoms with E-state index in [1.54, 1.807) is 0 Å². The maximum absolute atomic E-state index is 9.30. The summed E-state index contributed by atoms with van der Waals surface area (Å²) >= 11 is 5.42. The summed E-state index contributed by atoms with van der Waals surface area (Å²) in [5, 5.41) is 44.3. The molecule has 0 rings (SSSR count). The van der Waals surface area contributed by atoms with Gasteiger partial charge in [0, 0.05) is 0 Å². The van der Waals surface area contributed by atoms with Gasteiger partial charge in [-0.25, -0.2) is 0 Å². The van der Waals surface area contributed by atoms with E-state index in [9.17, 15) is 15.3 Å². The molecule has 0 fully saturated rings. The van der Waals surface area contributed by atoms with Gasteiger partial charge in [0.25, 0.3) is 0 Å². The Kier molecular flexibility index (Phi) is 7.43. The highest BCUT2D eigenvalue weighted by Gasteiger charge is 2.34. The quantitative estimate of drug-likeness (QED) is 0.376. The first-order chi connectivity index (χ1) is 6.45. The summed E-state index contributed by atoms with van der Waals surface area (Å²) < 4.78 is 4.46. The van der Waals surface area contributed by atoms with Crippen molar-refractivity contribution in [3.8, 4) is 0 Å². The van der Waals surface area contributed by atoms with Gasteiger partial charge in [-0.15, -0.1) is 0 Å². The minimum Gasteiger partial charge on any atom is -0.394 e. The second kappa shape index (κ2) is 7.07. The molecule has 0 radical (unpaired) electrons. The SMILES string of the molecule is OC[C@@H](O)[C@H](O)[C@H](O)[C@@H](O)[C@@H](Br)OBr. The smallest absolute Gasteiger partial charge is 0.155 e. The molecular formula is C6H12Br2O6. The van der Waals surface area contributed by atoms with Crippen molar-refractivity contribution < 1.29 is 29.4 Å². The van der Waals surface area contributed by atoms with Crippen molar-refractivity contribution in [2.45, 2.75) is 29.4 Å². The van der Waals surface area contributed by atoms with Gasteiger partial charge in [0.2, 0.25) is 0 Å². The predicted octanol–water partition coefficient (Wildman–Crippen LogP) is -1.53. The molecule has 0 heterocycles. The number of hydrogen-bond acceptors (Lipinski definition) is 6. The number of aliphatic hydroxyl groups excluding tert-OH is 5. The van der Waals surface area contributed by atoms with Crippen LogP contribution in [0.15, 0.2) is 0 Å². The molecule has 0 aliphatic rings. The topological polar surface area (TPSA) is 110 Å². The van der Waals surface area contributed by atoms with E-state index in [-0.39, 0.29) is 0 Å². The highest BCUT2D eigenvalue weighted by Crippen LogP contribution is 2.16. The van der Waals surface area contributed by atoms with Crippen molar-refractivity contribution in [2.75, 3.05) is 6.61 Å². The van der Waals surface area contributed by atoms with Crippen LogP contribution in [0.25, 0.3) is 0 Å². The molecule has 8 heteroatoms. The summed E-state index contributed by atoms with van der Waals surface area (Å²) in [6.07, 6.45) is -6.27. The molecule has 0 aliphatic heterocycles.